The Kier molecular flexibility index (Phi) is 4.20. The van der Waals surface area contributed by atoms with Crippen molar-refractivity contribution in [2.45, 2.75) is 31.5 Å². The van der Waals surface area contributed by atoms with E-state index in [1.54, 1.807) is 0 Å². The van der Waals surface area contributed by atoms with E-state index in [-0.39, 0.29) is 18.2 Å². The lowest BCUT2D eigenvalue weighted by atomic mass is 10.00. The molecule has 1 heterocycles. The monoisotopic (exact) mass is 298 g/mol. The summed E-state index contributed by atoms with van der Waals surface area (Å²) >= 11 is 3.49. The quantitative estimate of drug-likeness (QED) is 0.896. The maximum Gasteiger partial charge on any atom is 0.0679 e. The molecule has 2 rings (SSSR count). The molecule has 1 saturated heterocycles. The topological polar surface area (TPSA) is 49.5 Å². The first-order valence-corrected chi connectivity index (χ1v) is 6.80. The molecular formula is C13H19BrN2O. The summed E-state index contributed by atoms with van der Waals surface area (Å²) in [5.74, 6) is 0. The Hall–Kier alpha value is -0.420. The van der Waals surface area contributed by atoms with Gasteiger partial charge in [0, 0.05) is 29.6 Å². The maximum absolute atomic E-state index is 9.64. The number of benzene rings is 1. The molecule has 0 bridgehead atoms. The summed E-state index contributed by atoms with van der Waals surface area (Å²) in [6.07, 6.45) is 0.639. The van der Waals surface area contributed by atoms with E-state index < -0.39 is 0 Å². The third-order valence-corrected chi connectivity index (χ3v) is 3.77. The molecule has 0 saturated carbocycles. The van der Waals surface area contributed by atoms with Gasteiger partial charge in [0.2, 0.25) is 0 Å². The molecule has 3 N–H and O–H groups in total. The molecular weight excluding hydrogens is 280 g/mol. The number of β-amino-alcohol motifs (C(OH)–C–C–N with tert-alkyl or cyclic N) is 1. The number of rotatable bonds is 3. The molecule has 0 radical (unpaired) electrons. The molecule has 0 amide bonds. The number of aliphatic hydroxyl groups is 1. The van der Waals surface area contributed by atoms with E-state index in [0.29, 0.717) is 0 Å². The number of aliphatic hydroxyl groups excluding tert-OH is 1. The van der Waals surface area contributed by atoms with Gasteiger partial charge in [-0.05, 0) is 31.0 Å². The predicted octanol–water partition coefficient (Wildman–Crippen LogP) is 1.90. The first-order valence-electron chi connectivity index (χ1n) is 6.01. The van der Waals surface area contributed by atoms with E-state index in [4.69, 9.17) is 5.73 Å². The van der Waals surface area contributed by atoms with E-state index >= 15 is 0 Å². The Morgan fingerprint density at radius 1 is 1.53 bits per heavy atom. The molecule has 0 aromatic heterocycles. The fourth-order valence-corrected chi connectivity index (χ4v) is 2.98. The Morgan fingerprint density at radius 3 is 2.82 bits per heavy atom. The van der Waals surface area contributed by atoms with Crippen molar-refractivity contribution in [1.29, 1.82) is 0 Å². The van der Waals surface area contributed by atoms with Crippen molar-refractivity contribution in [2.75, 3.05) is 13.1 Å². The van der Waals surface area contributed by atoms with E-state index in [0.717, 1.165) is 24.0 Å². The molecule has 4 heteroatoms. The Bertz CT molecular complexity index is 383. The molecule has 1 aliphatic heterocycles. The van der Waals surface area contributed by atoms with Crippen LogP contribution in [0.25, 0.3) is 0 Å². The summed E-state index contributed by atoms with van der Waals surface area (Å²) in [5.41, 5.74) is 7.32. The average molecular weight is 299 g/mol. The second kappa shape index (κ2) is 5.48. The van der Waals surface area contributed by atoms with Crippen molar-refractivity contribution in [3.05, 3.63) is 34.3 Å². The van der Waals surface area contributed by atoms with Crippen molar-refractivity contribution in [2.24, 2.45) is 5.73 Å². The van der Waals surface area contributed by atoms with Crippen LogP contribution in [0, 0.1) is 0 Å². The largest absolute Gasteiger partial charge is 0.392 e. The Labute approximate surface area is 111 Å². The molecule has 3 unspecified atom stereocenters. The molecule has 94 valence electrons. The SMILES string of the molecule is CC(N)C(c1cccc(Br)c1)N1CCC(O)C1. The zero-order valence-corrected chi connectivity index (χ0v) is 11.6. The summed E-state index contributed by atoms with van der Waals surface area (Å²) in [5, 5.41) is 9.64. The lowest BCUT2D eigenvalue weighted by molar-refractivity contribution is 0.151. The van der Waals surface area contributed by atoms with Gasteiger partial charge in [0.15, 0.2) is 0 Å². The van der Waals surface area contributed by atoms with Crippen LogP contribution in [0.3, 0.4) is 0 Å². The number of hydrogen-bond donors (Lipinski definition) is 2. The Morgan fingerprint density at radius 2 is 2.29 bits per heavy atom. The minimum Gasteiger partial charge on any atom is -0.392 e. The molecule has 0 aliphatic carbocycles. The van der Waals surface area contributed by atoms with Crippen molar-refractivity contribution < 1.29 is 5.11 Å². The summed E-state index contributed by atoms with van der Waals surface area (Å²) < 4.78 is 1.07. The van der Waals surface area contributed by atoms with Crippen LogP contribution in [-0.2, 0) is 0 Å². The number of hydrogen-bond acceptors (Lipinski definition) is 3. The minimum atomic E-state index is -0.205. The van der Waals surface area contributed by atoms with Crippen molar-refractivity contribution in [3.8, 4) is 0 Å². The van der Waals surface area contributed by atoms with Crippen molar-refractivity contribution in [1.82, 2.24) is 4.90 Å². The summed E-state index contributed by atoms with van der Waals surface area (Å²) in [7, 11) is 0. The molecule has 1 fully saturated rings. The van der Waals surface area contributed by atoms with Crippen molar-refractivity contribution >= 4 is 15.9 Å². The van der Waals surface area contributed by atoms with Gasteiger partial charge in [-0.2, -0.15) is 0 Å². The molecule has 1 aromatic carbocycles. The minimum absolute atomic E-state index is 0.0506. The van der Waals surface area contributed by atoms with Crippen LogP contribution < -0.4 is 5.73 Å². The van der Waals surface area contributed by atoms with Gasteiger partial charge >= 0.3 is 0 Å². The van der Waals surface area contributed by atoms with E-state index in [1.165, 1.54) is 5.56 Å². The number of nitrogens with zero attached hydrogens (tertiary/aromatic N) is 1. The highest BCUT2D eigenvalue weighted by atomic mass is 79.9. The molecule has 1 aliphatic rings. The second-order valence-corrected chi connectivity index (χ2v) is 5.71. The molecule has 0 spiro atoms. The third kappa shape index (κ3) is 3.07. The number of nitrogens with two attached hydrogens (primary N) is 1. The van der Waals surface area contributed by atoms with Gasteiger partial charge < -0.3 is 10.8 Å². The highest BCUT2D eigenvalue weighted by Gasteiger charge is 2.30. The van der Waals surface area contributed by atoms with Gasteiger partial charge in [-0.3, -0.25) is 4.90 Å². The second-order valence-electron chi connectivity index (χ2n) is 4.80. The van der Waals surface area contributed by atoms with Gasteiger partial charge in [0.05, 0.1) is 6.10 Å². The van der Waals surface area contributed by atoms with E-state index in [1.807, 2.05) is 19.1 Å². The average Bonchev–Trinajstić information content (AvgIpc) is 2.64. The zero-order valence-electron chi connectivity index (χ0n) is 10.0. The van der Waals surface area contributed by atoms with Crippen LogP contribution >= 0.6 is 15.9 Å². The van der Waals surface area contributed by atoms with E-state index in [2.05, 4.69) is 33.0 Å². The van der Waals surface area contributed by atoms with Gasteiger partial charge in [-0.15, -0.1) is 0 Å². The smallest absolute Gasteiger partial charge is 0.0679 e. The summed E-state index contributed by atoms with van der Waals surface area (Å²) in [6, 6.07) is 8.49. The highest BCUT2D eigenvalue weighted by Crippen LogP contribution is 2.29. The number of likely N-dealkylation sites (tertiary alicyclic amines) is 1. The lowest BCUT2D eigenvalue weighted by Gasteiger charge is -2.31. The van der Waals surface area contributed by atoms with Gasteiger partial charge in [-0.1, -0.05) is 28.1 Å². The molecule has 1 aromatic rings. The summed E-state index contributed by atoms with van der Waals surface area (Å²) in [4.78, 5) is 2.27. The van der Waals surface area contributed by atoms with Crippen LogP contribution in [0.4, 0.5) is 0 Å². The van der Waals surface area contributed by atoms with Crippen LogP contribution in [-0.4, -0.2) is 35.2 Å². The van der Waals surface area contributed by atoms with Crippen LogP contribution in [0.1, 0.15) is 24.9 Å². The van der Waals surface area contributed by atoms with Crippen LogP contribution in [0.2, 0.25) is 0 Å². The van der Waals surface area contributed by atoms with Crippen LogP contribution in [0.15, 0.2) is 28.7 Å². The zero-order chi connectivity index (χ0) is 12.4. The molecule has 3 nitrogen and oxygen atoms in total. The van der Waals surface area contributed by atoms with Crippen LogP contribution in [0.5, 0.6) is 0 Å². The van der Waals surface area contributed by atoms with E-state index in [9.17, 15) is 5.11 Å². The fraction of sp³-hybridized carbons (Fsp3) is 0.538. The third-order valence-electron chi connectivity index (χ3n) is 3.28. The summed E-state index contributed by atoms with van der Waals surface area (Å²) in [6.45, 7) is 3.66. The first-order chi connectivity index (χ1) is 8.08. The van der Waals surface area contributed by atoms with Gasteiger partial charge in [0.1, 0.15) is 0 Å². The first kappa shape index (κ1) is 13.0. The molecule has 17 heavy (non-hydrogen) atoms. The highest BCUT2D eigenvalue weighted by molar-refractivity contribution is 9.10. The predicted molar refractivity (Wildman–Crippen MR) is 72.7 cm³/mol. The fourth-order valence-electron chi connectivity index (χ4n) is 2.56. The van der Waals surface area contributed by atoms with Gasteiger partial charge in [0.25, 0.3) is 0 Å². The normalized spacial score (nSPS) is 24.8. The van der Waals surface area contributed by atoms with Crippen molar-refractivity contribution in [3.63, 3.8) is 0 Å². The van der Waals surface area contributed by atoms with Gasteiger partial charge in [-0.25, -0.2) is 0 Å². The number of halogens is 1. The maximum atomic E-state index is 9.64. The Balaban J connectivity index is 2.23. The molecule has 3 atom stereocenters. The standard InChI is InChI=1S/C13H19BrN2O/c1-9(15)13(16-6-5-12(17)8-16)10-3-2-4-11(14)7-10/h2-4,7,9,12-13,17H,5-6,8,15H2,1H3. The lowest BCUT2D eigenvalue weighted by Crippen LogP contribution is -2.38.